The molecule has 6 rings (SSSR count). The lowest BCUT2D eigenvalue weighted by molar-refractivity contribution is 0.155. The van der Waals surface area contributed by atoms with Crippen LogP contribution < -0.4 is 24.4 Å². The standard InChI is InChI=1S/C35H46N4O4S/c1-3-4-5-6-7-8-9-10-11-12-16-41-34-29-23-39-15-13-25-18-31-32(43-24-42-31)21-28(25)30(39)20-27(29)26(19-33(34)40-2)22-37-38-35-36-14-17-44-35/h14,17-19,21-22,30H,3-13,15-16,20,23-24H2,1-2H3,(H,36,38)/b37-22+. The van der Waals surface area contributed by atoms with E-state index < -0.39 is 0 Å². The second kappa shape index (κ2) is 15.1. The maximum atomic E-state index is 6.57. The van der Waals surface area contributed by atoms with Gasteiger partial charge in [0.25, 0.3) is 0 Å². The fraction of sp³-hybridized carbons (Fsp3) is 0.543. The minimum atomic E-state index is 0.253. The number of hydrazone groups is 1. The molecule has 3 aliphatic heterocycles. The molecule has 9 heteroatoms. The largest absolute Gasteiger partial charge is 0.493 e. The summed E-state index contributed by atoms with van der Waals surface area (Å²) in [7, 11) is 1.73. The van der Waals surface area contributed by atoms with E-state index in [0.717, 1.165) is 66.0 Å². The van der Waals surface area contributed by atoms with Gasteiger partial charge in [0.2, 0.25) is 11.9 Å². The Morgan fingerprint density at radius 3 is 2.55 bits per heavy atom. The summed E-state index contributed by atoms with van der Waals surface area (Å²) in [5.41, 5.74) is 9.28. The number of methoxy groups -OCH3 is 1. The van der Waals surface area contributed by atoms with Crippen LogP contribution >= 0.6 is 11.3 Å². The predicted octanol–water partition coefficient (Wildman–Crippen LogP) is 8.28. The average Bonchev–Trinajstić information content (AvgIpc) is 3.74. The third kappa shape index (κ3) is 7.15. The highest BCUT2D eigenvalue weighted by molar-refractivity contribution is 7.13. The topological polar surface area (TPSA) is 77.4 Å². The maximum absolute atomic E-state index is 6.57. The van der Waals surface area contributed by atoms with Crippen LogP contribution in [0.15, 0.2) is 34.9 Å². The summed E-state index contributed by atoms with van der Waals surface area (Å²) >= 11 is 1.53. The first kappa shape index (κ1) is 30.7. The van der Waals surface area contributed by atoms with Crippen LogP contribution in [0.2, 0.25) is 0 Å². The molecule has 0 amide bonds. The van der Waals surface area contributed by atoms with Crippen LogP contribution in [-0.2, 0) is 19.4 Å². The molecule has 1 unspecified atom stereocenters. The molecular formula is C35H46N4O4S. The van der Waals surface area contributed by atoms with E-state index in [1.807, 2.05) is 11.6 Å². The molecule has 0 bridgehead atoms. The Morgan fingerprint density at radius 2 is 1.80 bits per heavy atom. The summed E-state index contributed by atoms with van der Waals surface area (Å²) in [5, 5.41) is 7.25. The van der Waals surface area contributed by atoms with Gasteiger partial charge in [-0.2, -0.15) is 5.10 Å². The van der Waals surface area contributed by atoms with Gasteiger partial charge in [-0.15, -0.1) is 11.3 Å². The summed E-state index contributed by atoms with van der Waals surface area (Å²) in [5.74, 6) is 3.37. The smallest absolute Gasteiger partial charge is 0.231 e. The Labute approximate surface area is 265 Å². The van der Waals surface area contributed by atoms with Gasteiger partial charge in [0.1, 0.15) is 0 Å². The van der Waals surface area contributed by atoms with Crippen LogP contribution in [0.25, 0.3) is 0 Å². The lowest BCUT2D eigenvalue weighted by atomic mass is 9.82. The molecule has 1 atom stereocenters. The van der Waals surface area contributed by atoms with Gasteiger partial charge in [-0.1, -0.05) is 64.7 Å². The summed E-state index contributed by atoms with van der Waals surface area (Å²) in [6.45, 7) is 5.06. The van der Waals surface area contributed by atoms with Crippen LogP contribution in [0.4, 0.5) is 5.13 Å². The zero-order valence-electron chi connectivity index (χ0n) is 26.2. The highest BCUT2D eigenvalue weighted by atomic mass is 32.1. The number of hydrogen-bond acceptors (Lipinski definition) is 9. The number of fused-ring (bicyclic) bond motifs is 5. The van der Waals surface area contributed by atoms with E-state index in [4.69, 9.17) is 18.9 Å². The number of thiazole rings is 1. The molecule has 0 spiro atoms. The molecule has 3 aliphatic rings. The van der Waals surface area contributed by atoms with E-state index in [2.05, 4.69) is 45.5 Å². The first-order valence-corrected chi connectivity index (χ1v) is 17.3. The minimum absolute atomic E-state index is 0.253. The first-order chi connectivity index (χ1) is 21.7. The van der Waals surface area contributed by atoms with Crippen LogP contribution in [0, 0.1) is 0 Å². The fourth-order valence-electron chi connectivity index (χ4n) is 6.75. The van der Waals surface area contributed by atoms with Gasteiger partial charge in [0, 0.05) is 41.8 Å². The van der Waals surface area contributed by atoms with Gasteiger partial charge < -0.3 is 18.9 Å². The number of aromatic nitrogens is 1. The molecule has 44 heavy (non-hydrogen) atoms. The van der Waals surface area contributed by atoms with Crippen molar-refractivity contribution < 1.29 is 18.9 Å². The zero-order chi connectivity index (χ0) is 30.1. The van der Waals surface area contributed by atoms with E-state index in [-0.39, 0.29) is 6.04 Å². The highest BCUT2D eigenvalue weighted by Crippen LogP contribution is 2.47. The lowest BCUT2D eigenvalue weighted by Crippen LogP contribution is -2.40. The molecule has 0 aliphatic carbocycles. The summed E-state index contributed by atoms with van der Waals surface area (Å²) in [4.78, 5) is 6.87. The van der Waals surface area contributed by atoms with E-state index in [9.17, 15) is 0 Å². The fourth-order valence-corrected chi connectivity index (χ4v) is 7.23. The molecule has 1 aromatic heterocycles. The monoisotopic (exact) mass is 618 g/mol. The van der Waals surface area contributed by atoms with Crippen LogP contribution in [0.1, 0.15) is 105 Å². The highest BCUT2D eigenvalue weighted by Gasteiger charge is 2.36. The van der Waals surface area contributed by atoms with Crippen molar-refractivity contribution in [2.24, 2.45) is 5.10 Å². The van der Waals surface area contributed by atoms with Gasteiger partial charge in [-0.05, 0) is 54.2 Å². The Hall–Kier alpha value is -3.30. The van der Waals surface area contributed by atoms with Crippen molar-refractivity contribution >= 4 is 22.7 Å². The van der Waals surface area contributed by atoms with E-state index in [1.165, 1.54) is 91.4 Å². The molecule has 0 saturated carbocycles. The molecule has 4 heterocycles. The number of rotatable bonds is 16. The van der Waals surface area contributed by atoms with Crippen molar-refractivity contribution in [3.63, 3.8) is 0 Å². The average molecular weight is 619 g/mol. The van der Waals surface area contributed by atoms with Crippen LogP contribution in [0.3, 0.4) is 0 Å². The van der Waals surface area contributed by atoms with Gasteiger partial charge >= 0.3 is 0 Å². The van der Waals surface area contributed by atoms with Crippen LogP contribution in [0.5, 0.6) is 23.0 Å². The summed E-state index contributed by atoms with van der Waals surface area (Å²) in [6, 6.07) is 6.71. The number of nitrogens with one attached hydrogen (secondary N) is 1. The normalized spacial score (nSPS) is 16.9. The Bertz CT molecular complexity index is 1410. The number of benzene rings is 2. The van der Waals surface area contributed by atoms with Gasteiger partial charge in [0.15, 0.2) is 23.0 Å². The van der Waals surface area contributed by atoms with E-state index >= 15 is 0 Å². The van der Waals surface area contributed by atoms with Crippen molar-refractivity contribution in [1.82, 2.24) is 9.88 Å². The Kier molecular flexibility index (Phi) is 10.6. The number of anilines is 1. The molecular weight excluding hydrogens is 572 g/mol. The molecule has 3 aromatic rings. The molecule has 236 valence electrons. The van der Waals surface area contributed by atoms with E-state index in [1.54, 1.807) is 13.3 Å². The Balaban J connectivity index is 1.18. The number of unbranched alkanes of at least 4 members (excludes halogenated alkanes) is 9. The quantitative estimate of drug-likeness (QED) is 0.0983. The number of nitrogens with zero attached hydrogens (tertiary/aromatic N) is 3. The van der Waals surface area contributed by atoms with Crippen molar-refractivity contribution in [2.75, 3.05) is 32.5 Å². The third-order valence-corrected chi connectivity index (χ3v) is 9.80. The maximum Gasteiger partial charge on any atom is 0.231 e. The summed E-state index contributed by atoms with van der Waals surface area (Å²) in [6.07, 6.45) is 18.6. The molecule has 1 N–H and O–H groups in total. The van der Waals surface area contributed by atoms with Crippen molar-refractivity contribution in [3.05, 3.63) is 57.6 Å². The molecule has 0 fully saturated rings. The molecule has 2 aromatic carbocycles. The SMILES string of the molecule is CCCCCCCCCCCCOc1c(OC)cc(/C=N/Nc2nccs2)c2c1CN1CCc3cc4c(cc3C1C2)OCO4. The second-order valence-corrected chi connectivity index (χ2v) is 12.9. The third-order valence-electron chi connectivity index (χ3n) is 9.12. The van der Waals surface area contributed by atoms with Gasteiger partial charge in [-0.25, -0.2) is 4.98 Å². The lowest BCUT2D eigenvalue weighted by Gasteiger charge is -2.42. The summed E-state index contributed by atoms with van der Waals surface area (Å²) < 4.78 is 24.0. The minimum Gasteiger partial charge on any atom is -0.493 e. The first-order valence-electron chi connectivity index (χ1n) is 16.5. The number of hydrogen-bond donors (Lipinski definition) is 1. The molecule has 0 saturated heterocycles. The zero-order valence-corrected chi connectivity index (χ0v) is 27.1. The van der Waals surface area contributed by atoms with E-state index in [0.29, 0.717) is 13.4 Å². The van der Waals surface area contributed by atoms with Crippen molar-refractivity contribution in [3.8, 4) is 23.0 Å². The predicted molar refractivity (Wildman–Crippen MR) is 177 cm³/mol. The second-order valence-electron chi connectivity index (χ2n) is 12.0. The Morgan fingerprint density at radius 1 is 1.02 bits per heavy atom. The van der Waals surface area contributed by atoms with Crippen molar-refractivity contribution in [2.45, 2.75) is 96.6 Å². The molecule has 8 nitrogen and oxygen atoms in total. The van der Waals surface area contributed by atoms with Gasteiger partial charge in [-0.3, -0.25) is 10.3 Å². The van der Waals surface area contributed by atoms with Gasteiger partial charge in [0.05, 0.1) is 19.9 Å². The van der Waals surface area contributed by atoms with Crippen LogP contribution in [-0.4, -0.2) is 43.2 Å². The molecule has 0 radical (unpaired) electrons. The number of ether oxygens (including phenoxy) is 4. The van der Waals surface area contributed by atoms with Crippen molar-refractivity contribution in [1.29, 1.82) is 0 Å².